The van der Waals surface area contributed by atoms with Crippen LogP contribution in [-0.4, -0.2) is 67.5 Å². The third-order valence-electron chi connectivity index (χ3n) is 5.36. The Bertz CT molecular complexity index is 871. The topological polar surface area (TPSA) is 89.7 Å². The molecule has 1 amide bonds. The minimum Gasteiger partial charge on any atom is -0.496 e. The Labute approximate surface area is 192 Å². The SMILES string of the molecule is COc1cc(N)c(Cl)cc1C(=O)N[C@@H]1CCN(CCCSc2ccncc2)C[C@@H]1OC. The fourth-order valence-electron chi connectivity index (χ4n) is 3.66. The van der Waals surface area contributed by atoms with E-state index in [1.54, 1.807) is 19.2 Å². The number of methoxy groups -OCH3 is 2. The lowest BCUT2D eigenvalue weighted by molar-refractivity contribution is 0.00655. The Balaban J connectivity index is 1.50. The Morgan fingerprint density at radius 3 is 2.84 bits per heavy atom. The standard InChI is InChI=1S/C22H29ClN4O3S/c1-29-20-13-18(24)17(23)12-16(20)22(28)26-19-6-10-27(14-21(19)30-2)9-3-11-31-15-4-7-25-8-5-15/h4-5,7-8,12-13,19,21H,3,6,9-11,14,24H2,1-2H3,(H,26,28)/t19-,21+/m1/s1. The Kier molecular flexibility index (Phi) is 8.83. The normalized spacial score (nSPS) is 19.2. The van der Waals surface area contributed by atoms with E-state index in [9.17, 15) is 4.79 Å². The predicted molar refractivity (Wildman–Crippen MR) is 125 cm³/mol. The lowest BCUT2D eigenvalue weighted by atomic mass is 10.0. The number of thioether (sulfide) groups is 1. The second-order valence-electron chi connectivity index (χ2n) is 7.40. The maximum atomic E-state index is 12.9. The largest absolute Gasteiger partial charge is 0.496 e. The highest BCUT2D eigenvalue weighted by atomic mass is 35.5. The van der Waals surface area contributed by atoms with Gasteiger partial charge in [-0.25, -0.2) is 0 Å². The fraction of sp³-hybridized carbons (Fsp3) is 0.455. The van der Waals surface area contributed by atoms with E-state index in [1.165, 1.54) is 12.0 Å². The van der Waals surface area contributed by atoms with Crippen LogP contribution >= 0.6 is 23.4 Å². The number of halogens is 1. The van der Waals surface area contributed by atoms with Gasteiger partial charge in [-0.2, -0.15) is 0 Å². The summed E-state index contributed by atoms with van der Waals surface area (Å²) in [5.74, 6) is 1.21. The van der Waals surface area contributed by atoms with E-state index in [2.05, 4.69) is 15.2 Å². The van der Waals surface area contributed by atoms with Gasteiger partial charge in [0.25, 0.3) is 5.91 Å². The predicted octanol–water partition coefficient (Wildman–Crippen LogP) is 3.33. The van der Waals surface area contributed by atoms with Gasteiger partial charge in [-0.05, 0) is 43.3 Å². The maximum Gasteiger partial charge on any atom is 0.255 e. The molecule has 7 nitrogen and oxygen atoms in total. The molecule has 0 unspecified atom stereocenters. The summed E-state index contributed by atoms with van der Waals surface area (Å²) >= 11 is 7.95. The number of nitrogens with zero attached hydrogens (tertiary/aromatic N) is 2. The zero-order chi connectivity index (χ0) is 22.2. The lowest BCUT2D eigenvalue weighted by Crippen LogP contribution is -2.55. The summed E-state index contributed by atoms with van der Waals surface area (Å²) in [7, 11) is 3.19. The first-order valence-corrected chi connectivity index (χ1v) is 11.6. The van der Waals surface area contributed by atoms with Gasteiger partial charge in [-0.15, -0.1) is 11.8 Å². The van der Waals surface area contributed by atoms with Gasteiger partial charge in [0, 0.05) is 43.6 Å². The van der Waals surface area contributed by atoms with Gasteiger partial charge in [0.15, 0.2) is 0 Å². The zero-order valence-corrected chi connectivity index (χ0v) is 19.4. The molecule has 31 heavy (non-hydrogen) atoms. The molecule has 1 fully saturated rings. The molecule has 1 saturated heterocycles. The van der Waals surface area contributed by atoms with E-state index < -0.39 is 0 Å². The molecular weight excluding hydrogens is 436 g/mol. The van der Waals surface area contributed by atoms with Gasteiger partial charge in [-0.1, -0.05) is 11.6 Å². The van der Waals surface area contributed by atoms with Crippen molar-refractivity contribution in [3.63, 3.8) is 0 Å². The van der Waals surface area contributed by atoms with Crippen molar-refractivity contribution in [2.75, 3.05) is 45.3 Å². The molecule has 0 aliphatic carbocycles. The lowest BCUT2D eigenvalue weighted by Gasteiger charge is -2.38. The monoisotopic (exact) mass is 464 g/mol. The Morgan fingerprint density at radius 1 is 1.35 bits per heavy atom. The van der Waals surface area contributed by atoms with Crippen molar-refractivity contribution in [2.45, 2.75) is 29.9 Å². The summed E-state index contributed by atoms with van der Waals surface area (Å²) in [4.78, 5) is 20.6. The first-order chi connectivity index (χ1) is 15.0. The van der Waals surface area contributed by atoms with E-state index in [1.807, 2.05) is 36.3 Å². The maximum absolute atomic E-state index is 12.9. The summed E-state index contributed by atoms with van der Waals surface area (Å²) in [5.41, 5.74) is 6.56. The van der Waals surface area contributed by atoms with Crippen molar-refractivity contribution in [2.24, 2.45) is 0 Å². The number of nitrogens with two attached hydrogens (primary N) is 1. The van der Waals surface area contributed by atoms with Crippen molar-refractivity contribution in [3.05, 3.63) is 47.2 Å². The van der Waals surface area contributed by atoms with Gasteiger partial charge in [0.1, 0.15) is 5.75 Å². The van der Waals surface area contributed by atoms with Crippen molar-refractivity contribution in [3.8, 4) is 5.75 Å². The second-order valence-corrected chi connectivity index (χ2v) is 8.98. The highest BCUT2D eigenvalue weighted by molar-refractivity contribution is 7.99. The van der Waals surface area contributed by atoms with Gasteiger partial charge in [0.05, 0.1) is 35.5 Å². The summed E-state index contributed by atoms with van der Waals surface area (Å²) in [5, 5.41) is 3.41. The average molecular weight is 465 g/mol. The van der Waals surface area contributed by atoms with Crippen LogP contribution in [0.25, 0.3) is 0 Å². The zero-order valence-electron chi connectivity index (χ0n) is 17.8. The number of carbonyl (C=O) groups is 1. The van der Waals surface area contributed by atoms with Crippen LogP contribution in [0.3, 0.4) is 0 Å². The summed E-state index contributed by atoms with van der Waals surface area (Å²) in [6, 6.07) is 7.09. The molecule has 0 radical (unpaired) electrons. The van der Waals surface area contributed by atoms with Crippen LogP contribution < -0.4 is 15.8 Å². The molecule has 2 aromatic rings. The molecule has 3 rings (SSSR count). The number of benzene rings is 1. The van der Waals surface area contributed by atoms with E-state index in [4.69, 9.17) is 26.8 Å². The van der Waals surface area contributed by atoms with Crippen LogP contribution in [0.2, 0.25) is 5.02 Å². The van der Waals surface area contributed by atoms with Crippen molar-refractivity contribution >= 4 is 35.0 Å². The third-order valence-corrected chi connectivity index (χ3v) is 6.79. The number of carbonyl (C=O) groups excluding carboxylic acids is 1. The molecule has 168 valence electrons. The average Bonchev–Trinajstić information content (AvgIpc) is 2.79. The number of pyridine rings is 1. The van der Waals surface area contributed by atoms with Gasteiger partial charge in [-0.3, -0.25) is 9.78 Å². The number of ether oxygens (including phenoxy) is 2. The summed E-state index contributed by atoms with van der Waals surface area (Å²) in [6.45, 7) is 2.69. The number of likely N-dealkylation sites (tertiary alicyclic amines) is 1. The van der Waals surface area contributed by atoms with E-state index in [-0.39, 0.29) is 18.1 Å². The molecule has 2 heterocycles. The quantitative estimate of drug-likeness (QED) is 0.334. The Morgan fingerprint density at radius 2 is 2.13 bits per heavy atom. The number of aromatic nitrogens is 1. The number of piperidine rings is 1. The van der Waals surface area contributed by atoms with Gasteiger partial charge >= 0.3 is 0 Å². The number of anilines is 1. The second kappa shape index (κ2) is 11.6. The fourth-order valence-corrected chi connectivity index (χ4v) is 4.65. The molecular formula is C22H29ClN4O3S. The molecule has 0 saturated carbocycles. The van der Waals surface area contributed by atoms with Crippen molar-refractivity contribution < 1.29 is 14.3 Å². The summed E-state index contributed by atoms with van der Waals surface area (Å²) in [6.07, 6.45) is 5.45. The number of amides is 1. The molecule has 1 aromatic carbocycles. The molecule has 2 atom stereocenters. The van der Waals surface area contributed by atoms with Crippen LogP contribution in [0.15, 0.2) is 41.6 Å². The number of hydrogen-bond donors (Lipinski definition) is 2. The molecule has 0 spiro atoms. The van der Waals surface area contributed by atoms with Crippen molar-refractivity contribution in [1.29, 1.82) is 0 Å². The van der Waals surface area contributed by atoms with E-state index >= 15 is 0 Å². The van der Waals surface area contributed by atoms with Crippen LogP contribution in [0.5, 0.6) is 5.75 Å². The highest BCUT2D eigenvalue weighted by Crippen LogP contribution is 2.29. The van der Waals surface area contributed by atoms with Gasteiger partial charge < -0.3 is 25.4 Å². The number of nitrogens with one attached hydrogen (secondary N) is 1. The smallest absolute Gasteiger partial charge is 0.255 e. The minimum atomic E-state index is -0.243. The van der Waals surface area contributed by atoms with Crippen LogP contribution in [-0.2, 0) is 4.74 Å². The molecule has 3 N–H and O–H groups in total. The molecule has 1 aromatic heterocycles. The minimum absolute atomic E-state index is 0.0824. The third kappa shape index (κ3) is 6.49. The first-order valence-electron chi connectivity index (χ1n) is 10.2. The number of hydrogen-bond acceptors (Lipinski definition) is 7. The van der Waals surface area contributed by atoms with Crippen LogP contribution in [0, 0.1) is 0 Å². The first kappa shape index (κ1) is 23.7. The van der Waals surface area contributed by atoms with Crippen molar-refractivity contribution in [1.82, 2.24) is 15.2 Å². The van der Waals surface area contributed by atoms with E-state index in [0.717, 1.165) is 38.2 Å². The highest BCUT2D eigenvalue weighted by Gasteiger charge is 2.31. The van der Waals surface area contributed by atoms with Crippen LogP contribution in [0.1, 0.15) is 23.2 Å². The van der Waals surface area contributed by atoms with E-state index in [0.29, 0.717) is 22.0 Å². The molecule has 9 heteroatoms. The summed E-state index contributed by atoms with van der Waals surface area (Å²) < 4.78 is 11.0. The molecule has 1 aliphatic heterocycles. The molecule has 1 aliphatic rings. The van der Waals surface area contributed by atoms with Gasteiger partial charge in [0.2, 0.25) is 0 Å². The number of rotatable bonds is 9. The Hall–Kier alpha value is -2.00. The number of nitrogen functional groups attached to an aromatic ring is 1. The molecule has 0 bridgehead atoms. The van der Waals surface area contributed by atoms with Crippen LogP contribution in [0.4, 0.5) is 5.69 Å².